The molecule has 0 saturated carbocycles. The number of carbonyl (C=O) groups excluding carboxylic acids is 2. The van der Waals surface area contributed by atoms with Crippen LogP contribution in [0.4, 0.5) is 11.4 Å². The monoisotopic (exact) mass is 932 g/mol. The first-order valence-corrected chi connectivity index (χ1v) is 19.9. The highest BCUT2D eigenvalue weighted by molar-refractivity contribution is 9.24. The summed E-state index contributed by atoms with van der Waals surface area (Å²) in [6, 6.07) is 11.5. The molecule has 2 aromatic carbocycles. The van der Waals surface area contributed by atoms with Crippen molar-refractivity contribution < 1.29 is 9.59 Å². The van der Waals surface area contributed by atoms with Crippen LogP contribution in [0.2, 0.25) is 13.6 Å². The first-order valence-electron chi connectivity index (χ1n) is 17.4. The molecule has 55 heavy (non-hydrogen) atoms. The van der Waals surface area contributed by atoms with E-state index in [0.717, 1.165) is 61.7 Å². The van der Waals surface area contributed by atoms with Gasteiger partial charge in [0.25, 0.3) is 0 Å². The molecule has 8 rings (SSSR count). The molecule has 0 saturated heterocycles. The highest BCUT2D eigenvalue weighted by atomic mass is 79.9. The van der Waals surface area contributed by atoms with Gasteiger partial charge in [0.15, 0.2) is 11.3 Å². The molecule has 2 aliphatic heterocycles. The average Bonchev–Trinajstić information content (AvgIpc) is 3.92. The van der Waals surface area contributed by atoms with Gasteiger partial charge in [0.05, 0.1) is 22.2 Å². The van der Waals surface area contributed by atoms with Crippen molar-refractivity contribution in [3.63, 3.8) is 0 Å². The number of fused-ring (bicyclic) bond motifs is 4. The van der Waals surface area contributed by atoms with Gasteiger partial charge in [-0.15, -0.1) is 0 Å². The fraction of sp³-hybridized carbons (Fsp3) is 0.314. The molecule has 20 heteroatoms. The van der Waals surface area contributed by atoms with Gasteiger partial charge in [-0.2, -0.15) is 26.0 Å². The Morgan fingerprint density at radius 1 is 0.818 bits per heavy atom. The maximum atomic E-state index is 12.6. The highest BCUT2D eigenvalue weighted by Crippen LogP contribution is 2.41. The summed E-state index contributed by atoms with van der Waals surface area (Å²) >= 11 is 10.2. The van der Waals surface area contributed by atoms with E-state index in [1.54, 1.807) is 4.68 Å². The van der Waals surface area contributed by atoms with Crippen molar-refractivity contribution in [2.75, 3.05) is 30.8 Å². The zero-order chi connectivity index (χ0) is 39.1. The van der Waals surface area contributed by atoms with E-state index in [1.165, 1.54) is 12.7 Å². The normalized spacial score (nSPS) is 15.2. The Kier molecular flexibility index (Phi) is 13.3. The summed E-state index contributed by atoms with van der Waals surface area (Å²) in [5.41, 5.74) is 14.9. The van der Waals surface area contributed by atoms with E-state index in [1.807, 2.05) is 60.5 Å². The van der Waals surface area contributed by atoms with Crippen molar-refractivity contribution in [1.29, 1.82) is 0 Å². The van der Waals surface area contributed by atoms with Crippen LogP contribution in [0.25, 0.3) is 32.5 Å². The number of rotatable bonds is 10. The molecule has 282 valence electrons. The number of aryl methyl sites for hydroxylation is 2. The number of azide groups is 1. The second kappa shape index (κ2) is 18.3. The molecule has 3 N–H and O–H groups in total. The number of nitrogens with zero attached hydrogens (tertiary/aromatic N) is 11. The minimum Gasteiger partial charge on any atom is -0.325 e. The van der Waals surface area contributed by atoms with Crippen molar-refractivity contribution in [2.24, 2.45) is 5.11 Å². The standard InChI is InChI=1S/C17H17BrN6O.C16H13BrN8O.C2H6BBr/c1-19-5-2-6-24-8-12-15(20-9-21-16(12)23-24)14-11-7-10(18)3-4-13(11)22-17(14)25;17-9-2-3-12-10(6-9)13(16(26)22-12)14-11-7-25(5-1-4-21-24-18)23-15(11)20-8-19-14;1-3(2)4/h3-4,7-9,14,19H,2,5-6H2,1H3,(H,22,25);2-3,6-8,13H,1,4-5H2,(H,22,26);1-2H3. The van der Waals surface area contributed by atoms with Crippen LogP contribution in [0.1, 0.15) is 47.2 Å². The van der Waals surface area contributed by atoms with E-state index in [9.17, 15) is 9.59 Å². The minimum absolute atomic E-state index is 0.0731. The van der Waals surface area contributed by atoms with Gasteiger partial charge in [-0.05, 0) is 79.5 Å². The van der Waals surface area contributed by atoms with Gasteiger partial charge in [0.1, 0.15) is 24.5 Å². The summed E-state index contributed by atoms with van der Waals surface area (Å²) in [4.78, 5) is 45.2. The van der Waals surface area contributed by atoms with Crippen molar-refractivity contribution in [3.05, 3.63) is 103 Å². The van der Waals surface area contributed by atoms with E-state index < -0.39 is 11.8 Å². The summed E-state index contributed by atoms with van der Waals surface area (Å²) in [6.07, 6.45) is 8.31. The second-order valence-electron chi connectivity index (χ2n) is 12.9. The molecule has 2 atom stereocenters. The number of hydrogen-bond donors (Lipinski definition) is 3. The number of amides is 2. The van der Waals surface area contributed by atoms with Crippen LogP contribution in [-0.2, 0) is 22.7 Å². The quantitative estimate of drug-likeness (QED) is 0.0414. The van der Waals surface area contributed by atoms with Crippen molar-refractivity contribution in [1.82, 2.24) is 44.8 Å². The molecule has 16 nitrogen and oxygen atoms in total. The molecule has 0 aliphatic carbocycles. The summed E-state index contributed by atoms with van der Waals surface area (Å²) in [5, 5.41) is 23.0. The number of carbonyl (C=O) groups is 2. The molecule has 6 heterocycles. The van der Waals surface area contributed by atoms with E-state index >= 15 is 0 Å². The number of benzene rings is 2. The van der Waals surface area contributed by atoms with Gasteiger partial charge < -0.3 is 16.0 Å². The molecule has 0 fully saturated rings. The Labute approximate surface area is 341 Å². The first kappa shape index (κ1) is 39.9. The zero-order valence-corrected chi connectivity index (χ0v) is 34.9. The van der Waals surface area contributed by atoms with Gasteiger partial charge in [-0.25, -0.2) is 19.9 Å². The number of anilines is 2. The second-order valence-corrected chi connectivity index (χ2v) is 16.5. The van der Waals surface area contributed by atoms with E-state index in [-0.39, 0.29) is 11.8 Å². The minimum atomic E-state index is -0.506. The van der Waals surface area contributed by atoms with Crippen LogP contribution >= 0.6 is 47.6 Å². The third-order valence-corrected chi connectivity index (χ3v) is 9.54. The zero-order valence-electron chi connectivity index (χ0n) is 30.1. The topological polar surface area (TPSA) is 206 Å². The van der Waals surface area contributed by atoms with Crippen molar-refractivity contribution in [2.45, 2.75) is 51.4 Å². The molecule has 2 aliphatic rings. The number of halogens is 3. The molecule has 6 aromatic rings. The fourth-order valence-electron chi connectivity index (χ4n) is 6.27. The third-order valence-electron chi connectivity index (χ3n) is 8.55. The Hall–Kier alpha value is -4.75. The molecule has 2 unspecified atom stereocenters. The van der Waals surface area contributed by atoms with Gasteiger partial charge >= 0.3 is 0 Å². The molecule has 0 bridgehead atoms. The predicted molar refractivity (Wildman–Crippen MR) is 223 cm³/mol. The van der Waals surface area contributed by atoms with Crippen LogP contribution < -0.4 is 16.0 Å². The number of nitrogens with one attached hydrogen (secondary N) is 3. The lowest BCUT2D eigenvalue weighted by Gasteiger charge is -2.09. The molecule has 2 amide bonds. The summed E-state index contributed by atoms with van der Waals surface area (Å²) in [6.45, 7) is 6.86. The van der Waals surface area contributed by atoms with Crippen LogP contribution in [0.5, 0.6) is 0 Å². The lowest BCUT2D eigenvalue weighted by molar-refractivity contribution is -0.117. The maximum absolute atomic E-state index is 12.6. The van der Waals surface area contributed by atoms with E-state index in [4.69, 9.17) is 5.53 Å². The SMILES string of the molecule is CB(C)Br.CNCCCn1cc2c(C3C(=O)Nc4ccc(Br)cc43)ncnc2n1.[N-]=[N+]=NCCCn1cc2c(C3C(=O)Nc4ccc(Br)cc43)ncnc2n1. The average molecular weight is 935 g/mol. The van der Waals surface area contributed by atoms with Crippen LogP contribution in [0, 0.1) is 0 Å². The van der Waals surface area contributed by atoms with Crippen LogP contribution in [0.3, 0.4) is 0 Å². The van der Waals surface area contributed by atoms with Crippen LogP contribution in [0.15, 0.2) is 75.5 Å². The number of hydrogen-bond acceptors (Lipinski definition) is 10. The Balaban J connectivity index is 0.000000171. The molecular formula is C35H36BBr3N14O2. The summed E-state index contributed by atoms with van der Waals surface area (Å²) in [7, 11) is 1.93. The lowest BCUT2D eigenvalue weighted by atomic mass is 9.87. The number of aromatic nitrogens is 8. The lowest BCUT2D eigenvalue weighted by Crippen LogP contribution is -2.14. The van der Waals surface area contributed by atoms with Crippen LogP contribution in [-0.4, -0.2) is 77.0 Å². The summed E-state index contributed by atoms with van der Waals surface area (Å²) in [5.74, 6) is -1.15. The molecular weight excluding hydrogens is 899 g/mol. The van der Waals surface area contributed by atoms with Crippen molar-refractivity contribution >= 4 is 98.4 Å². The van der Waals surface area contributed by atoms with Gasteiger partial charge in [0, 0.05) is 57.3 Å². The largest absolute Gasteiger partial charge is 0.325 e. The molecule has 4 aromatic heterocycles. The Bertz CT molecular complexity index is 2390. The smallest absolute Gasteiger partial charge is 0.238 e. The predicted octanol–water partition coefficient (Wildman–Crippen LogP) is 7.29. The fourth-order valence-corrected chi connectivity index (χ4v) is 7.03. The van der Waals surface area contributed by atoms with Crippen molar-refractivity contribution in [3.8, 4) is 0 Å². The molecule has 0 spiro atoms. The van der Waals surface area contributed by atoms with Gasteiger partial charge in [-0.3, -0.25) is 19.0 Å². The Morgan fingerprint density at radius 2 is 1.29 bits per heavy atom. The third kappa shape index (κ3) is 9.39. The maximum Gasteiger partial charge on any atom is 0.238 e. The van der Waals surface area contributed by atoms with E-state index in [0.29, 0.717) is 47.7 Å². The van der Waals surface area contributed by atoms with Gasteiger partial charge in [-0.1, -0.05) is 50.6 Å². The highest BCUT2D eigenvalue weighted by Gasteiger charge is 2.36. The summed E-state index contributed by atoms with van der Waals surface area (Å²) < 4.78 is 5.44. The Morgan fingerprint density at radius 3 is 1.75 bits per heavy atom. The van der Waals surface area contributed by atoms with Gasteiger partial charge in [0.2, 0.25) is 17.4 Å². The molecule has 0 radical (unpaired) electrons. The van der Waals surface area contributed by atoms with E-state index in [2.05, 4.69) is 117 Å². The first-order chi connectivity index (χ1) is 26.6.